The van der Waals surface area contributed by atoms with Gasteiger partial charge in [0.1, 0.15) is 0 Å². The lowest BCUT2D eigenvalue weighted by molar-refractivity contribution is -0.141. The van der Waals surface area contributed by atoms with Crippen LogP contribution in [0.4, 0.5) is 0 Å². The quantitative estimate of drug-likeness (QED) is 0.655. The SMILES string of the molecule is CC(CCCC(C)C(=O)O)NC(=O)[C@@H]1CCCCN1. The second-order valence-corrected chi connectivity index (χ2v) is 5.58. The van der Waals surface area contributed by atoms with Crippen molar-refractivity contribution in [1.29, 1.82) is 0 Å². The van der Waals surface area contributed by atoms with Gasteiger partial charge in [-0.25, -0.2) is 0 Å². The van der Waals surface area contributed by atoms with Crippen LogP contribution in [0, 0.1) is 5.92 Å². The number of piperidine rings is 1. The summed E-state index contributed by atoms with van der Waals surface area (Å²) in [6.45, 7) is 4.62. The van der Waals surface area contributed by atoms with E-state index in [1.165, 1.54) is 0 Å². The molecule has 1 amide bonds. The fraction of sp³-hybridized carbons (Fsp3) is 0.857. The van der Waals surface area contributed by atoms with Crippen LogP contribution in [0.3, 0.4) is 0 Å². The maximum Gasteiger partial charge on any atom is 0.306 e. The molecule has 1 aliphatic rings. The van der Waals surface area contributed by atoms with Crippen LogP contribution in [0.5, 0.6) is 0 Å². The fourth-order valence-corrected chi connectivity index (χ4v) is 2.34. The van der Waals surface area contributed by atoms with E-state index in [1.807, 2.05) is 6.92 Å². The van der Waals surface area contributed by atoms with Crippen molar-refractivity contribution in [2.45, 2.75) is 64.5 Å². The van der Waals surface area contributed by atoms with Crippen molar-refractivity contribution in [3.63, 3.8) is 0 Å². The zero-order valence-electron chi connectivity index (χ0n) is 11.9. The number of hydrogen-bond donors (Lipinski definition) is 3. The summed E-state index contributed by atoms with van der Waals surface area (Å²) in [5.74, 6) is -0.968. The molecular formula is C14H26N2O3. The number of rotatable bonds is 7. The van der Waals surface area contributed by atoms with Crippen LogP contribution in [0.25, 0.3) is 0 Å². The molecule has 1 heterocycles. The Morgan fingerprint density at radius 2 is 2.05 bits per heavy atom. The van der Waals surface area contributed by atoms with Gasteiger partial charge >= 0.3 is 5.97 Å². The minimum atomic E-state index is -0.747. The first-order valence-corrected chi connectivity index (χ1v) is 7.27. The molecule has 0 aliphatic carbocycles. The Labute approximate surface area is 115 Å². The molecule has 0 aromatic rings. The fourth-order valence-electron chi connectivity index (χ4n) is 2.34. The number of aliphatic carboxylic acids is 1. The number of hydrogen-bond acceptors (Lipinski definition) is 3. The summed E-state index contributed by atoms with van der Waals surface area (Å²) in [6.07, 6.45) is 5.48. The Balaban J connectivity index is 2.17. The number of nitrogens with one attached hydrogen (secondary N) is 2. The molecule has 19 heavy (non-hydrogen) atoms. The summed E-state index contributed by atoms with van der Waals surface area (Å²) in [5.41, 5.74) is 0. The highest BCUT2D eigenvalue weighted by Crippen LogP contribution is 2.11. The third kappa shape index (κ3) is 6.05. The van der Waals surface area contributed by atoms with E-state index in [4.69, 9.17) is 5.11 Å². The molecule has 2 unspecified atom stereocenters. The van der Waals surface area contributed by atoms with E-state index < -0.39 is 5.97 Å². The number of carboxylic acids is 1. The molecule has 0 radical (unpaired) electrons. The van der Waals surface area contributed by atoms with Crippen LogP contribution in [0.1, 0.15) is 52.4 Å². The third-order valence-corrected chi connectivity index (χ3v) is 3.71. The lowest BCUT2D eigenvalue weighted by atomic mass is 10.0. The van der Waals surface area contributed by atoms with E-state index in [-0.39, 0.29) is 23.9 Å². The highest BCUT2D eigenvalue weighted by Gasteiger charge is 2.21. The van der Waals surface area contributed by atoms with Crippen LogP contribution >= 0.6 is 0 Å². The maximum absolute atomic E-state index is 11.9. The Bertz CT molecular complexity index is 301. The van der Waals surface area contributed by atoms with Crippen LogP contribution in [0.2, 0.25) is 0 Å². The van der Waals surface area contributed by atoms with Gasteiger partial charge in [0.25, 0.3) is 0 Å². The van der Waals surface area contributed by atoms with Gasteiger partial charge in [-0.05, 0) is 39.2 Å². The monoisotopic (exact) mass is 270 g/mol. The summed E-state index contributed by atoms with van der Waals surface area (Å²) in [4.78, 5) is 22.6. The Morgan fingerprint density at radius 1 is 1.32 bits per heavy atom. The van der Waals surface area contributed by atoms with Gasteiger partial charge < -0.3 is 15.7 Å². The number of amides is 1. The van der Waals surface area contributed by atoms with E-state index in [1.54, 1.807) is 6.92 Å². The molecule has 1 saturated heterocycles. The third-order valence-electron chi connectivity index (χ3n) is 3.71. The largest absolute Gasteiger partial charge is 0.481 e. The smallest absolute Gasteiger partial charge is 0.306 e. The first kappa shape index (κ1) is 16.0. The topological polar surface area (TPSA) is 78.4 Å². The molecule has 1 aliphatic heterocycles. The number of carbonyl (C=O) groups is 2. The first-order valence-electron chi connectivity index (χ1n) is 7.27. The molecule has 0 saturated carbocycles. The van der Waals surface area contributed by atoms with Gasteiger partial charge in [-0.1, -0.05) is 19.8 Å². The number of carboxylic acid groups (broad SMARTS) is 1. The lowest BCUT2D eigenvalue weighted by Gasteiger charge is -2.24. The molecule has 0 bridgehead atoms. The maximum atomic E-state index is 11.9. The average Bonchev–Trinajstić information content (AvgIpc) is 2.39. The summed E-state index contributed by atoms with van der Waals surface area (Å²) < 4.78 is 0. The van der Waals surface area contributed by atoms with Crippen molar-refractivity contribution in [3.8, 4) is 0 Å². The number of carbonyl (C=O) groups excluding carboxylic acids is 1. The van der Waals surface area contributed by atoms with E-state index in [2.05, 4.69) is 10.6 Å². The van der Waals surface area contributed by atoms with Crippen LogP contribution in [-0.4, -0.2) is 35.6 Å². The van der Waals surface area contributed by atoms with Gasteiger partial charge in [-0.2, -0.15) is 0 Å². The Morgan fingerprint density at radius 3 is 2.63 bits per heavy atom. The van der Waals surface area contributed by atoms with Gasteiger partial charge in [0, 0.05) is 6.04 Å². The molecule has 5 heteroatoms. The minimum Gasteiger partial charge on any atom is -0.481 e. The zero-order chi connectivity index (χ0) is 14.3. The molecule has 5 nitrogen and oxygen atoms in total. The van der Waals surface area contributed by atoms with Crippen molar-refractivity contribution in [1.82, 2.24) is 10.6 Å². The standard InChI is InChI=1S/C14H26N2O3/c1-10(14(18)19)6-5-7-11(2)16-13(17)12-8-3-4-9-15-12/h10-12,15H,3-9H2,1-2H3,(H,16,17)(H,18,19)/t10?,11?,12-/m0/s1. The predicted molar refractivity (Wildman–Crippen MR) is 73.9 cm³/mol. The predicted octanol–water partition coefficient (Wildman–Crippen LogP) is 1.52. The summed E-state index contributed by atoms with van der Waals surface area (Å²) in [5, 5.41) is 15.0. The van der Waals surface area contributed by atoms with Crippen LogP contribution in [0.15, 0.2) is 0 Å². The Hall–Kier alpha value is -1.10. The van der Waals surface area contributed by atoms with Crippen LogP contribution < -0.4 is 10.6 Å². The van der Waals surface area contributed by atoms with E-state index in [0.717, 1.165) is 38.6 Å². The van der Waals surface area contributed by atoms with Gasteiger partial charge in [-0.3, -0.25) is 9.59 Å². The summed E-state index contributed by atoms with van der Waals surface area (Å²) >= 11 is 0. The van der Waals surface area contributed by atoms with E-state index in [9.17, 15) is 9.59 Å². The first-order chi connectivity index (χ1) is 9.00. The van der Waals surface area contributed by atoms with E-state index >= 15 is 0 Å². The highest BCUT2D eigenvalue weighted by molar-refractivity contribution is 5.82. The van der Waals surface area contributed by atoms with Gasteiger partial charge in [0.05, 0.1) is 12.0 Å². The molecule has 3 N–H and O–H groups in total. The minimum absolute atomic E-state index is 0.0471. The normalized spacial score (nSPS) is 22.5. The van der Waals surface area contributed by atoms with Crippen molar-refractivity contribution in [2.75, 3.05) is 6.54 Å². The summed E-state index contributed by atoms with van der Waals surface area (Å²) in [6, 6.07) is 0.0614. The molecule has 1 rings (SSSR count). The lowest BCUT2D eigenvalue weighted by Crippen LogP contribution is -2.48. The molecule has 110 valence electrons. The van der Waals surface area contributed by atoms with E-state index in [0.29, 0.717) is 6.42 Å². The van der Waals surface area contributed by atoms with Crippen molar-refractivity contribution >= 4 is 11.9 Å². The van der Waals surface area contributed by atoms with Gasteiger partial charge in [0.15, 0.2) is 0 Å². The second-order valence-electron chi connectivity index (χ2n) is 5.58. The molecule has 0 aromatic carbocycles. The highest BCUT2D eigenvalue weighted by atomic mass is 16.4. The second kappa shape index (κ2) is 8.15. The van der Waals surface area contributed by atoms with Gasteiger partial charge in [0.2, 0.25) is 5.91 Å². The van der Waals surface area contributed by atoms with Crippen molar-refractivity contribution in [2.24, 2.45) is 5.92 Å². The molecule has 0 spiro atoms. The van der Waals surface area contributed by atoms with Gasteiger partial charge in [-0.15, -0.1) is 0 Å². The Kier molecular flexibility index (Phi) is 6.84. The molecular weight excluding hydrogens is 244 g/mol. The zero-order valence-corrected chi connectivity index (χ0v) is 11.9. The van der Waals surface area contributed by atoms with Crippen molar-refractivity contribution in [3.05, 3.63) is 0 Å². The molecule has 3 atom stereocenters. The summed E-state index contributed by atoms with van der Waals surface area (Å²) in [7, 11) is 0. The average molecular weight is 270 g/mol. The van der Waals surface area contributed by atoms with Crippen molar-refractivity contribution < 1.29 is 14.7 Å². The van der Waals surface area contributed by atoms with Crippen LogP contribution in [-0.2, 0) is 9.59 Å². The molecule has 1 fully saturated rings. The molecule has 0 aromatic heterocycles.